The highest BCUT2D eigenvalue weighted by atomic mass is 14.9. The fraction of sp³-hybridized carbons (Fsp3) is 0.765. The van der Waals surface area contributed by atoms with E-state index in [1.807, 2.05) is 0 Å². The molecule has 0 amide bonds. The zero-order valence-corrected chi connectivity index (χ0v) is 12.8. The van der Waals surface area contributed by atoms with Crippen molar-refractivity contribution in [1.29, 1.82) is 0 Å². The van der Waals surface area contributed by atoms with Crippen molar-refractivity contribution in [2.24, 2.45) is 0 Å². The third-order valence-electron chi connectivity index (χ3n) is 3.55. The van der Waals surface area contributed by atoms with Crippen molar-refractivity contribution in [2.45, 2.75) is 78.2 Å². The van der Waals surface area contributed by atoms with E-state index < -0.39 is 0 Å². The van der Waals surface area contributed by atoms with Crippen LogP contribution < -0.4 is 5.32 Å². The van der Waals surface area contributed by atoms with Gasteiger partial charge in [-0.15, -0.1) is 0 Å². The van der Waals surface area contributed by atoms with E-state index in [9.17, 15) is 0 Å². The maximum atomic E-state index is 3.54. The zero-order valence-electron chi connectivity index (χ0n) is 12.8. The van der Waals surface area contributed by atoms with E-state index in [1.165, 1.54) is 44.1 Å². The van der Waals surface area contributed by atoms with Gasteiger partial charge in [-0.1, -0.05) is 30.6 Å². The predicted molar refractivity (Wildman–Crippen MR) is 81.9 cm³/mol. The van der Waals surface area contributed by atoms with Crippen LogP contribution in [0.5, 0.6) is 0 Å². The predicted octanol–water partition coefficient (Wildman–Crippen LogP) is 4.99. The molecule has 0 aromatic carbocycles. The van der Waals surface area contributed by atoms with Crippen molar-refractivity contribution in [2.75, 3.05) is 6.54 Å². The molecule has 1 heteroatoms. The Balaban J connectivity index is 2.39. The third-order valence-corrected chi connectivity index (χ3v) is 3.55. The van der Waals surface area contributed by atoms with Gasteiger partial charge < -0.3 is 5.32 Å². The molecule has 0 spiro atoms. The molecule has 1 rings (SSSR count). The van der Waals surface area contributed by atoms with Crippen molar-refractivity contribution in [1.82, 2.24) is 5.32 Å². The van der Waals surface area contributed by atoms with Gasteiger partial charge in [0, 0.05) is 5.54 Å². The van der Waals surface area contributed by atoms with E-state index in [0.29, 0.717) is 0 Å². The molecule has 1 N–H and O–H groups in total. The van der Waals surface area contributed by atoms with E-state index in [1.54, 1.807) is 5.57 Å². The topological polar surface area (TPSA) is 12.0 Å². The van der Waals surface area contributed by atoms with E-state index in [2.05, 4.69) is 45.2 Å². The summed E-state index contributed by atoms with van der Waals surface area (Å²) in [5.74, 6) is 0. The van der Waals surface area contributed by atoms with Crippen molar-refractivity contribution in [3.63, 3.8) is 0 Å². The number of allylic oxidation sites excluding steroid dienone is 3. The molecule has 104 valence electrons. The van der Waals surface area contributed by atoms with Gasteiger partial charge in [0.25, 0.3) is 0 Å². The van der Waals surface area contributed by atoms with Crippen molar-refractivity contribution in [3.8, 4) is 0 Å². The monoisotopic (exact) mass is 249 g/mol. The molecule has 0 bridgehead atoms. The number of rotatable bonds is 4. The molecule has 1 nitrogen and oxygen atoms in total. The Labute approximate surface area is 114 Å². The van der Waals surface area contributed by atoms with Gasteiger partial charge in [-0.2, -0.15) is 0 Å². The second-order valence-electron chi connectivity index (χ2n) is 6.53. The Kier molecular flexibility index (Phi) is 6.70. The summed E-state index contributed by atoms with van der Waals surface area (Å²) in [7, 11) is 0. The molecule has 0 aromatic heterocycles. The zero-order chi connectivity index (χ0) is 13.4. The van der Waals surface area contributed by atoms with Gasteiger partial charge >= 0.3 is 0 Å². The number of nitrogens with one attached hydrogen (secondary N) is 1. The first kappa shape index (κ1) is 15.5. The molecular weight excluding hydrogens is 218 g/mol. The molecule has 0 aliphatic heterocycles. The van der Waals surface area contributed by atoms with Crippen molar-refractivity contribution < 1.29 is 0 Å². The average molecular weight is 249 g/mol. The molecule has 0 atom stereocenters. The first-order chi connectivity index (χ1) is 8.49. The van der Waals surface area contributed by atoms with E-state index in [-0.39, 0.29) is 5.54 Å². The van der Waals surface area contributed by atoms with Crippen LogP contribution in [0.4, 0.5) is 0 Å². The van der Waals surface area contributed by atoms with Crippen LogP contribution in [-0.2, 0) is 0 Å². The summed E-state index contributed by atoms with van der Waals surface area (Å²) in [5, 5.41) is 3.54. The quantitative estimate of drug-likeness (QED) is 0.692. The summed E-state index contributed by atoms with van der Waals surface area (Å²) in [5.41, 5.74) is 3.35. The second-order valence-corrected chi connectivity index (χ2v) is 6.53. The lowest BCUT2D eigenvalue weighted by Crippen LogP contribution is -2.36. The minimum Gasteiger partial charge on any atom is -0.312 e. The van der Waals surface area contributed by atoms with Crippen LogP contribution in [0.15, 0.2) is 23.3 Å². The third kappa shape index (κ3) is 7.00. The van der Waals surface area contributed by atoms with Gasteiger partial charge in [0.2, 0.25) is 0 Å². The first-order valence-corrected chi connectivity index (χ1v) is 7.60. The maximum Gasteiger partial charge on any atom is 0.00966 e. The summed E-state index contributed by atoms with van der Waals surface area (Å²) < 4.78 is 0. The fourth-order valence-electron chi connectivity index (χ4n) is 2.42. The highest BCUT2D eigenvalue weighted by Gasteiger charge is 2.07. The Morgan fingerprint density at radius 3 is 2.67 bits per heavy atom. The molecule has 0 heterocycles. The molecule has 0 radical (unpaired) electrons. The second kappa shape index (κ2) is 7.78. The normalized spacial score (nSPS) is 19.1. The number of hydrogen-bond acceptors (Lipinski definition) is 1. The van der Waals surface area contributed by atoms with Gasteiger partial charge in [0.15, 0.2) is 0 Å². The minimum absolute atomic E-state index is 0.237. The highest BCUT2D eigenvalue weighted by Crippen LogP contribution is 2.22. The number of hydrogen-bond donors (Lipinski definition) is 1. The molecule has 1 aliphatic rings. The van der Waals surface area contributed by atoms with Gasteiger partial charge in [-0.05, 0) is 71.9 Å². The molecule has 0 saturated heterocycles. The van der Waals surface area contributed by atoms with Gasteiger partial charge in [-0.25, -0.2) is 0 Å². The maximum absolute atomic E-state index is 3.54. The lowest BCUT2D eigenvalue weighted by Gasteiger charge is -2.20. The lowest BCUT2D eigenvalue weighted by atomic mass is 9.95. The van der Waals surface area contributed by atoms with Gasteiger partial charge in [0.1, 0.15) is 0 Å². The van der Waals surface area contributed by atoms with Crippen LogP contribution in [0.1, 0.15) is 72.6 Å². The minimum atomic E-state index is 0.237. The molecule has 0 fully saturated rings. The smallest absolute Gasteiger partial charge is 0.00966 e. The van der Waals surface area contributed by atoms with Crippen LogP contribution in [0, 0.1) is 0 Å². The van der Waals surface area contributed by atoms with E-state index in [4.69, 9.17) is 0 Å². The standard InChI is InChI=1S/C17H31N/c1-15(11-10-14-18-17(2,3)4)16-12-8-6-5-7-9-13-16/h11-12,18H,5-10,13-14H2,1-4H3. The van der Waals surface area contributed by atoms with Crippen LogP contribution >= 0.6 is 0 Å². The molecule has 18 heavy (non-hydrogen) atoms. The summed E-state index contributed by atoms with van der Waals surface area (Å²) in [6.45, 7) is 10.0. The molecule has 1 aliphatic carbocycles. The molecule has 0 unspecified atom stereocenters. The van der Waals surface area contributed by atoms with Crippen LogP contribution in [0.25, 0.3) is 0 Å². The highest BCUT2D eigenvalue weighted by molar-refractivity contribution is 5.29. The summed E-state index contributed by atoms with van der Waals surface area (Å²) in [6, 6.07) is 0. The van der Waals surface area contributed by atoms with E-state index >= 15 is 0 Å². The molecule has 0 saturated carbocycles. The Morgan fingerprint density at radius 2 is 1.94 bits per heavy atom. The Morgan fingerprint density at radius 1 is 1.22 bits per heavy atom. The average Bonchev–Trinajstić information content (AvgIpc) is 2.22. The van der Waals surface area contributed by atoms with Crippen LogP contribution in [0.2, 0.25) is 0 Å². The van der Waals surface area contributed by atoms with Crippen LogP contribution in [-0.4, -0.2) is 12.1 Å². The van der Waals surface area contributed by atoms with Crippen molar-refractivity contribution >= 4 is 0 Å². The van der Waals surface area contributed by atoms with E-state index in [0.717, 1.165) is 13.0 Å². The van der Waals surface area contributed by atoms with Crippen molar-refractivity contribution in [3.05, 3.63) is 23.3 Å². The largest absolute Gasteiger partial charge is 0.312 e. The van der Waals surface area contributed by atoms with Gasteiger partial charge in [-0.3, -0.25) is 0 Å². The summed E-state index contributed by atoms with van der Waals surface area (Å²) in [4.78, 5) is 0. The van der Waals surface area contributed by atoms with Gasteiger partial charge in [0.05, 0.1) is 0 Å². The summed E-state index contributed by atoms with van der Waals surface area (Å²) in [6.07, 6.45) is 14.2. The molecule has 0 aromatic rings. The fourth-order valence-corrected chi connectivity index (χ4v) is 2.42. The van der Waals surface area contributed by atoms with Crippen LogP contribution in [0.3, 0.4) is 0 Å². The Hall–Kier alpha value is -0.560. The lowest BCUT2D eigenvalue weighted by molar-refractivity contribution is 0.431. The molecular formula is C17H31N. The Bertz CT molecular complexity index is 291. The summed E-state index contributed by atoms with van der Waals surface area (Å²) >= 11 is 0. The SMILES string of the molecule is CC(=CCCNC(C)(C)C)C1=CCCCCCC1. The first-order valence-electron chi connectivity index (χ1n) is 7.60.